The number of fused-ring (bicyclic) bond motifs is 5. The van der Waals surface area contributed by atoms with Gasteiger partial charge in [0.2, 0.25) is 0 Å². The molecule has 282 valence electrons. The van der Waals surface area contributed by atoms with Gasteiger partial charge >= 0.3 is 6.09 Å². The van der Waals surface area contributed by atoms with Crippen LogP contribution in [0.3, 0.4) is 0 Å². The van der Waals surface area contributed by atoms with Crippen molar-refractivity contribution in [3.63, 3.8) is 0 Å². The Kier molecular flexibility index (Phi) is 12.9. The second-order valence-corrected chi connectivity index (χ2v) is 17.8. The molecule has 0 aromatic rings. The zero-order valence-electron chi connectivity index (χ0n) is 31.4. The summed E-state index contributed by atoms with van der Waals surface area (Å²) in [5.41, 5.74) is 0.848. The Hall–Kier alpha value is -1.23. The van der Waals surface area contributed by atoms with Gasteiger partial charge in [0, 0.05) is 19.6 Å². The molecular weight excluding hydrogens is 622 g/mol. The highest BCUT2D eigenvalue weighted by Crippen LogP contribution is 2.67. The Labute approximate surface area is 295 Å². The molecule has 5 N–H and O–H groups in total. The molecule has 49 heavy (non-hydrogen) atoms. The molecule has 0 aromatic carbocycles. The fourth-order valence-electron chi connectivity index (χ4n) is 11.1. The molecule has 0 aromatic heterocycles. The molecule has 13 atom stereocenters. The standard InChI is InChI=1S/C40H69NO8/c1-25(2)11-10-12-26(3)30-15-16-31-29-14-13-27-23-28(17-19-38(27,4)32(29)18-20-39(30,31)5)48-37(46)41-21-8-7-9-22-47-36-34(44)33(43)35(45)40(6,24-42)49-36/h13,25-26,28-36,42-45H,7-12,14-24H2,1-6H3,(H,41,46)/t26?,28?,29?,30?,31?,32?,33?,34?,35-,36?,38+,39-,40?/m1/s1. The van der Waals surface area contributed by atoms with Crippen LogP contribution >= 0.6 is 0 Å². The number of alkyl carbamates (subject to hydrolysis) is 1. The van der Waals surface area contributed by atoms with Crippen molar-refractivity contribution in [3.8, 4) is 0 Å². The first kappa shape index (κ1) is 39.0. The van der Waals surface area contributed by atoms with E-state index < -0.39 is 36.8 Å². The summed E-state index contributed by atoms with van der Waals surface area (Å²) in [4.78, 5) is 12.7. The van der Waals surface area contributed by atoms with E-state index in [-0.39, 0.29) is 24.2 Å². The minimum Gasteiger partial charge on any atom is -0.446 e. The molecule has 0 bridgehead atoms. The van der Waals surface area contributed by atoms with Crippen LogP contribution < -0.4 is 5.32 Å². The summed E-state index contributed by atoms with van der Waals surface area (Å²) in [6, 6.07) is 0. The van der Waals surface area contributed by atoms with E-state index in [2.05, 4.69) is 46.0 Å². The molecule has 5 rings (SSSR count). The largest absolute Gasteiger partial charge is 0.446 e. The van der Waals surface area contributed by atoms with E-state index in [0.717, 1.165) is 67.6 Å². The number of amides is 1. The highest BCUT2D eigenvalue weighted by Gasteiger charge is 2.59. The number of unbranched alkanes of at least 4 members (excludes halogenated alkanes) is 2. The molecule has 5 aliphatic rings. The van der Waals surface area contributed by atoms with Crippen molar-refractivity contribution in [2.24, 2.45) is 46.3 Å². The maximum atomic E-state index is 12.7. The van der Waals surface area contributed by atoms with E-state index in [4.69, 9.17) is 14.2 Å². The zero-order chi connectivity index (χ0) is 35.6. The molecule has 9 heteroatoms. The molecule has 1 aliphatic heterocycles. The third-order valence-corrected chi connectivity index (χ3v) is 14.2. The van der Waals surface area contributed by atoms with Gasteiger partial charge in [-0.1, -0.05) is 65.5 Å². The summed E-state index contributed by atoms with van der Waals surface area (Å²) in [5.74, 6) is 4.91. The monoisotopic (exact) mass is 692 g/mol. The summed E-state index contributed by atoms with van der Waals surface area (Å²) >= 11 is 0. The van der Waals surface area contributed by atoms with E-state index in [0.29, 0.717) is 18.4 Å². The lowest BCUT2D eigenvalue weighted by molar-refractivity contribution is -0.333. The number of ether oxygens (including phenoxy) is 3. The Morgan fingerprint density at radius 1 is 0.959 bits per heavy atom. The van der Waals surface area contributed by atoms with Crippen LogP contribution in [0.4, 0.5) is 4.79 Å². The van der Waals surface area contributed by atoms with Crippen LogP contribution in [-0.4, -0.2) is 82.6 Å². The summed E-state index contributed by atoms with van der Waals surface area (Å²) in [6.07, 6.45) is 12.6. The summed E-state index contributed by atoms with van der Waals surface area (Å²) < 4.78 is 17.1. The first-order valence-corrected chi connectivity index (χ1v) is 19.8. The number of rotatable bonds is 14. The van der Waals surface area contributed by atoms with Gasteiger partial charge in [0.15, 0.2) is 6.29 Å². The zero-order valence-corrected chi connectivity index (χ0v) is 31.4. The topological polar surface area (TPSA) is 138 Å². The van der Waals surface area contributed by atoms with Gasteiger partial charge in [-0.05, 0) is 117 Å². The lowest BCUT2D eigenvalue weighted by Gasteiger charge is -2.58. The van der Waals surface area contributed by atoms with Crippen molar-refractivity contribution in [2.75, 3.05) is 19.8 Å². The number of aliphatic hydroxyl groups excluding tert-OH is 4. The fraction of sp³-hybridized carbons (Fsp3) is 0.925. The first-order valence-electron chi connectivity index (χ1n) is 19.8. The van der Waals surface area contributed by atoms with Gasteiger partial charge in [0.1, 0.15) is 30.0 Å². The quantitative estimate of drug-likeness (QED) is 0.103. The van der Waals surface area contributed by atoms with Crippen molar-refractivity contribution in [3.05, 3.63) is 11.6 Å². The van der Waals surface area contributed by atoms with Crippen LogP contribution in [0.5, 0.6) is 0 Å². The minimum atomic E-state index is -1.47. The predicted molar refractivity (Wildman–Crippen MR) is 190 cm³/mol. The Morgan fingerprint density at radius 3 is 2.47 bits per heavy atom. The van der Waals surface area contributed by atoms with Crippen molar-refractivity contribution >= 4 is 6.09 Å². The van der Waals surface area contributed by atoms with Crippen molar-refractivity contribution in [1.29, 1.82) is 0 Å². The smallest absolute Gasteiger partial charge is 0.407 e. The van der Waals surface area contributed by atoms with Crippen LogP contribution in [0.15, 0.2) is 11.6 Å². The molecule has 4 fully saturated rings. The molecular formula is C40H69NO8. The van der Waals surface area contributed by atoms with Crippen LogP contribution in [0.25, 0.3) is 0 Å². The molecule has 1 saturated heterocycles. The molecule has 10 unspecified atom stereocenters. The second-order valence-electron chi connectivity index (χ2n) is 17.8. The van der Waals surface area contributed by atoms with E-state index in [9.17, 15) is 25.2 Å². The highest BCUT2D eigenvalue weighted by molar-refractivity contribution is 5.67. The Morgan fingerprint density at radius 2 is 1.73 bits per heavy atom. The lowest BCUT2D eigenvalue weighted by Crippen LogP contribution is -2.65. The SMILES string of the molecule is CC(C)CCCC(C)C1CCC2C3CC=C4CC(OC(=O)NCCCCCOC5OC(C)(CO)[C@H](O)C(O)C5O)CC[C@]4(C)C3CC[C@]12C. The number of hydrogen-bond donors (Lipinski definition) is 5. The highest BCUT2D eigenvalue weighted by atomic mass is 16.7. The number of nitrogens with one attached hydrogen (secondary N) is 1. The molecule has 0 radical (unpaired) electrons. The average Bonchev–Trinajstić information content (AvgIpc) is 3.43. The molecule has 9 nitrogen and oxygen atoms in total. The molecule has 1 heterocycles. The van der Waals surface area contributed by atoms with Crippen molar-refractivity contribution < 1.29 is 39.4 Å². The van der Waals surface area contributed by atoms with Crippen LogP contribution in [0.1, 0.15) is 131 Å². The van der Waals surface area contributed by atoms with Crippen LogP contribution in [-0.2, 0) is 14.2 Å². The predicted octanol–water partition coefficient (Wildman–Crippen LogP) is 6.50. The van der Waals surface area contributed by atoms with Gasteiger partial charge in [-0.25, -0.2) is 4.79 Å². The van der Waals surface area contributed by atoms with Gasteiger partial charge in [-0.15, -0.1) is 0 Å². The number of carbonyl (C=O) groups excluding carboxylic acids is 1. The maximum absolute atomic E-state index is 12.7. The molecule has 0 spiro atoms. The van der Waals surface area contributed by atoms with Gasteiger partial charge in [-0.2, -0.15) is 0 Å². The first-order chi connectivity index (χ1) is 23.2. The van der Waals surface area contributed by atoms with Crippen molar-refractivity contribution in [2.45, 2.75) is 168 Å². The van der Waals surface area contributed by atoms with Crippen LogP contribution in [0.2, 0.25) is 0 Å². The van der Waals surface area contributed by atoms with E-state index in [1.54, 1.807) is 0 Å². The minimum absolute atomic E-state index is 0.0684. The van der Waals surface area contributed by atoms with Gasteiger partial charge in [-0.3, -0.25) is 0 Å². The second kappa shape index (κ2) is 16.2. The summed E-state index contributed by atoms with van der Waals surface area (Å²) in [5, 5.41) is 42.9. The van der Waals surface area contributed by atoms with E-state index in [1.165, 1.54) is 63.9 Å². The normalized spacial score (nSPS) is 42.5. The number of hydrogen-bond acceptors (Lipinski definition) is 8. The molecule has 4 aliphatic carbocycles. The summed E-state index contributed by atoms with van der Waals surface area (Å²) in [6.45, 7) is 14.2. The van der Waals surface area contributed by atoms with E-state index >= 15 is 0 Å². The average molecular weight is 692 g/mol. The van der Waals surface area contributed by atoms with Crippen LogP contribution in [0, 0.1) is 46.3 Å². The molecule has 3 saturated carbocycles. The Bertz CT molecular complexity index is 1130. The third-order valence-electron chi connectivity index (χ3n) is 14.2. The van der Waals surface area contributed by atoms with Gasteiger partial charge in [0.25, 0.3) is 0 Å². The van der Waals surface area contributed by atoms with Gasteiger partial charge in [0.05, 0.1) is 6.61 Å². The maximum Gasteiger partial charge on any atom is 0.407 e. The fourth-order valence-corrected chi connectivity index (χ4v) is 11.1. The third kappa shape index (κ3) is 8.22. The van der Waals surface area contributed by atoms with Gasteiger partial charge < -0.3 is 40.0 Å². The van der Waals surface area contributed by atoms with E-state index in [1.807, 2.05) is 0 Å². The number of aliphatic hydroxyl groups is 4. The number of carbonyl (C=O) groups is 1. The summed E-state index contributed by atoms with van der Waals surface area (Å²) in [7, 11) is 0. The Balaban J connectivity index is 1.02. The molecule has 1 amide bonds. The number of allylic oxidation sites excluding steroid dienone is 1. The lowest BCUT2D eigenvalue weighted by atomic mass is 9.47. The van der Waals surface area contributed by atoms with Crippen molar-refractivity contribution in [1.82, 2.24) is 5.32 Å².